The first-order valence-corrected chi connectivity index (χ1v) is 6.08. The Bertz CT molecular complexity index is 375. The molecule has 0 fully saturated rings. The van der Waals surface area contributed by atoms with Crippen LogP contribution in [0.3, 0.4) is 0 Å². The average molecular weight is 239 g/mol. The maximum atomic E-state index is 11.2. The molecule has 1 aromatic rings. The second-order valence-corrected chi connectivity index (χ2v) is 3.98. The summed E-state index contributed by atoms with van der Waals surface area (Å²) < 4.78 is 5.04. The van der Waals surface area contributed by atoms with Gasteiger partial charge in [-0.1, -0.05) is 0 Å². The van der Waals surface area contributed by atoms with Crippen molar-refractivity contribution in [2.45, 2.75) is 6.92 Å². The molecule has 0 saturated heterocycles. The van der Waals surface area contributed by atoms with Crippen molar-refractivity contribution in [3.63, 3.8) is 0 Å². The van der Waals surface area contributed by atoms with E-state index in [-0.39, 0.29) is 11.9 Å². The van der Waals surface area contributed by atoms with Crippen LogP contribution in [0.1, 0.15) is 6.92 Å². The van der Waals surface area contributed by atoms with Crippen LogP contribution in [0.5, 0.6) is 5.75 Å². The maximum Gasteiger partial charge on any atom is 0.321 e. The predicted molar refractivity (Wildman–Crippen MR) is 64.8 cm³/mol. The summed E-state index contributed by atoms with van der Waals surface area (Å²) in [6.07, 6.45) is 1.83. The average Bonchev–Trinajstić information content (AvgIpc) is 2.20. The highest BCUT2D eigenvalue weighted by atomic mass is 32.2. The Morgan fingerprint density at radius 3 is 2.44 bits per heavy atom. The van der Waals surface area contributed by atoms with Gasteiger partial charge in [0.25, 0.3) is 0 Å². The third-order valence-electron chi connectivity index (χ3n) is 1.67. The van der Waals surface area contributed by atoms with Gasteiger partial charge >= 0.3 is 5.97 Å². The molecule has 0 saturated carbocycles. The monoisotopic (exact) mass is 239 g/mol. The van der Waals surface area contributed by atoms with Gasteiger partial charge in [-0.3, -0.25) is 9.59 Å². The quantitative estimate of drug-likeness (QED) is 0.644. The summed E-state index contributed by atoms with van der Waals surface area (Å²) >= 11 is 1.41. The molecule has 1 amide bonds. The molecule has 1 N–H and O–H groups in total. The van der Waals surface area contributed by atoms with Crippen molar-refractivity contribution >= 4 is 29.3 Å². The summed E-state index contributed by atoms with van der Waals surface area (Å²) in [5, 5.41) is 2.63. The van der Waals surface area contributed by atoms with E-state index in [2.05, 4.69) is 5.32 Å². The third-order valence-corrected chi connectivity index (χ3v) is 2.19. The van der Waals surface area contributed by atoms with Crippen molar-refractivity contribution in [2.24, 2.45) is 0 Å². The third kappa shape index (κ3) is 4.35. The lowest BCUT2D eigenvalue weighted by Crippen LogP contribution is -2.10. The molecule has 0 atom stereocenters. The largest absolute Gasteiger partial charge is 0.426 e. The molecule has 1 rings (SSSR count). The number of rotatable bonds is 4. The molecule has 5 heteroatoms. The number of carbonyl (C=O) groups is 2. The minimum absolute atomic E-state index is 0.132. The van der Waals surface area contributed by atoms with Gasteiger partial charge in [-0.15, -0.1) is 0 Å². The molecule has 0 aliphatic rings. The van der Waals surface area contributed by atoms with Crippen LogP contribution in [-0.2, 0) is 9.59 Å². The number of amides is 1. The second kappa shape index (κ2) is 6.17. The number of anilines is 1. The zero-order valence-corrected chi connectivity index (χ0v) is 9.97. The van der Waals surface area contributed by atoms with E-state index in [1.54, 1.807) is 24.3 Å². The van der Waals surface area contributed by atoms with Crippen molar-refractivity contribution in [1.82, 2.24) is 0 Å². The molecule has 16 heavy (non-hydrogen) atoms. The fourth-order valence-corrected chi connectivity index (χ4v) is 1.38. The van der Waals surface area contributed by atoms with E-state index in [0.29, 0.717) is 17.2 Å². The van der Waals surface area contributed by atoms with E-state index in [1.807, 2.05) is 6.26 Å². The summed E-state index contributed by atoms with van der Waals surface area (Å²) in [7, 11) is 0. The number of hydrogen-bond acceptors (Lipinski definition) is 4. The van der Waals surface area contributed by atoms with Crippen molar-refractivity contribution in [1.29, 1.82) is 0 Å². The van der Waals surface area contributed by atoms with Gasteiger partial charge in [-0.05, 0) is 30.5 Å². The minimum Gasteiger partial charge on any atom is -0.426 e. The van der Waals surface area contributed by atoms with Gasteiger partial charge in [0, 0.05) is 12.6 Å². The van der Waals surface area contributed by atoms with Crippen LogP contribution in [0, 0.1) is 0 Å². The summed E-state index contributed by atoms with van der Waals surface area (Å²) in [6.45, 7) is 1.44. The number of hydrogen-bond donors (Lipinski definition) is 1. The Labute approximate surface area is 98.4 Å². The van der Waals surface area contributed by atoms with Crippen molar-refractivity contribution < 1.29 is 14.3 Å². The van der Waals surface area contributed by atoms with E-state index in [0.717, 1.165) is 0 Å². The van der Waals surface area contributed by atoms with Gasteiger partial charge in [-0.25, -0.2) is 0 Å². The fourth-order valence-electron chi connectivity index (χ4n) is 1.09. The Kier molecular flexibility index (Phi) is 4.85. The zero-order valence-electron chi connectivity index (χ0n) is 9.15. The van der Waals surface area contributed by atoms with Crippen LogP contribution in [0.2, 0.25) is 0 Å². The molecule has 0 aromatic heterocycles. The first-order chi connectivity index (χ1) is 7.61. The smallest absolute Gasteiger partial charge is 0.321 e. The molecule has 1 aromatic carbocycles. The van der Waals surface area contributed by atoms with E-state index in [4.69, 9.17) is 4.74 Å². The van der Waals surface area contributed by atoms with Gasteiger partial charge in [0.2, 0.25) is 5.91 Å². The molecule has 0 unspecified atom stereocenters. The highest BCUT2D eigenvalue weighted by Gasteiger charge is 2.03. The Hall–Kier alpha value is -1.49. The topological polar surface area (TPSA) is 55.4 Å². The van der Waals surface area contributed by atoms with Gasteiger partial charge in [0.05, 0.1) is 5.75 Å². The molecule has 0 spiro atoms. The molecule has 0 radical (unpaired) electrons. The summed E-state index contributed by atoms with van der Waals surface area (Å²) in [4.78, 5) is 21.9. The maximum absolute atomic E-state index is 11.2. The lowest BCUT2D eigenvalue weighted by Gasteiger charge is -2.05. The molecule has 0 bridgehead atoms. The predicted octanol–water partition coefficient (Wildman–Crippen LogP) is 1.91. The van der Waals surface area contributed by atoms with E-state index in [1.165, 1.54) is 18.7 Å². The highest BCUT2D eigenvalue weighted by Crippen LogP contribution is 2.16. The van der Waals surface area contributed by atoms with E-state index < -0.39 is 0 Å². The lowest BCUT2D eigenvalue weighted by atomic mass is 10.3. The van der Waals surface area contributed by atoms with E-state index >= 15 is 0 Å². The molecule has 4 nitrogen and oxygen atoms in total. The minimum atomic E-state index is -0.278. The second-order valence-electron chi connectivity index (χ2n) is 3.11. The number of ether oxygens (including phenoxy) is 1. The standard InChI is InChI=1S/C11H13NO3S/c1-8(13)12-9-3-5-10(6-4-9)15-11(14)7-16-2/h3-6H,7H2,1-2H3,(H,12,13). The van der Waals surface area contributed by atoms with Gasteiger partial charge in [-0.2, -0.15) is 11.8 Å². The zero-order chi connectivity index (χ0) is 12.0. The van der Waals surface area contributed by atoms with Crippen LogP contribution >= 0.6 is 11.8 Å². The molecule has 86 valence electrons. The summed E-state index contributed by atoms with van der Waals surface area (Å²) in [6, 6.07) is 6.65. The SMILES string of the molecule is CSCC(=O)Oc1ccc(NC(C)=O)cc1. The van der Waals surface area contributed by atoms with Crippen LogP contribution in [0.15, 0.2) is 24.3 Å². The van der Waals surface area contributed by atoms with E-state index in [9.17, 15) is 9.59 Å². The van der Waals surface area contributed by atoms with Gasteiger partial charge < -0.3 is 10.1 Å². The van der Waals surface area contributed by atoms with Crippen molar-refractivity contribution in [2.75, 3.05) is 17.3 Å². The highest BCUT2D eigenvalue weighted by molar-refractivity contribution is 7.99. The Morgan fingerprint density at radius 1 is 1.31 bits per heavy atom. The molecule has 0 aliphatic carbocycles. The van der Waals surface area contributed by atoms with Crippen LogP contribution in [-0.4, -0.2) is 23.9 Å². The number of esters is 1. The van der Waals surface area contributed by atoms with Crippen LogP contribution in [0.25, 0.3) is 0 Å². The summed E-state index contributed by atoms with van der Waals surface area (Å²) in [5.74, 6) is 0.396. The van der Waals surface area contributed by atoms with Gasteiger partial charge in [0.15, 0.2) is 0 Å². The number of benzene rings is 1. The molecular weight excluding hydrogens is 226 g/mol. The lowest BCUT2D eigenvalue weighted by molar-refractivity contribution is -0.131. The van der Waals surface area contributed by atoms with Gasteiger partial charge in [0.1, 0.15) is 5.75 Å². The summed E-state index contributed by atoms with van der Waals surface area (Å²) in [5.41, 5.74) is 0.678. The molecule has 0 heterocycles. The van der Waals surface area contributed by atoms with Crippen molar-refractivity contribution in [3.8, 4) is 5.75 Å². The first kappa shape index (κ1) is 12.6. The number of nitrogens with one attached hydrogen (secondary N) is 1. The first-order valence-electron chi connectivity index (χ1n) is 4.69. The van der Waals surface area contributed by atoms with Crippen molar-refractivity contribution in [3.05, 3.63) is 24.3 Å². The number of thioether (sulfide) groups is 1. The fraction of sp³-hybridized carbons (Fsp3) is 0.273. The molecule has 0 aliphatic heterocycles. The van der Waals surface area contributed by atoms with Crippen LogP contribution in [0.4, 0.5) is 5.69 Å². The Morgan fingerprint density at radius 2 is 1.94 bits per heavy atom. The number of carbonyl (C=O) groups excluding carboxylic acids is 2. The molecular formula is C11H13NO3S. The Balaban J connectivity index is 2.57. The van der Waals surface area contributed by atoms with Crippen LogP contribution < -0.4 is 10.1 Å². The normalized spacial score (nSPS) is 9.62.